The van der Waals surface area contributed by atoms with Crippen molar-refractivity contribution in [2.45, 2.75) is 20.0 Å². The van der Waals surface area contributed by atoms with Crippen molar-refractivity contribution >= 4 is 12.0 Å². The monoisotopic (exact) mass is 497 g/mol. The molecule has 0 aliphatic rings. The Hall–Kier alpha value is -4.52. The summed E-state index contributed by atoms with van der Waals surface area (Å²) in [4.78, 5) is 12.5. The highest BCUT2D eigenvalue weighted by molar-refractivity contribution is 5.91. The third-order valence-corrected chi connectivity index (χ3v) is 5.51. The van der Waals surface area contributed by atoms with Crippen molar-refractivity contribution in [2.75, 3.05) is 19.8 Å². The van der Waals surface area contributed by atoms with E-state index in [2.05, 4.69) is 10.4 Å². The molecule has 1 aromatic heterocycles. The predicted molar refractivity (Wildman–Crippen MR) is 144 cm³/mol. The van der Waals surface area contributed by atoms with Gasteiger partial charge in [-0.25, -0.2) is 0 Å². The standard InChI is InChI=1S/C30H31N3O4/c1-2-35-29-21-24(13-15-28(29)37-20-19-36-27-11-4-3-5-12-27)14-16-30(34)31-22-25-9-6-7-10-26(25)23-33-18-8-17-32-33/h3-18,21H,2,19-20,22-23H2,1H3,(H,31,34)/b16-14+. The van der Waals surface area contributed by atoms with E-state index in [1.54, 1.807) is 12.3 Å². The summed E-state index contributed by atoms with van der Waals surface area (Å²) >= 11 is 0. The molecule has 1 N–H and O–H groups in total. The summed E-state index contributed by atoms with van der Waals surface area (Å²) in [6.45, 7) is 4.31. The number of hydrogen-bond acceptors (Lipinski definition) is 5. The van der Waals surface area contributed by atoms with E-state index in [1.807, 2.05) is 96.7 Å². The largest absolute Gasteiger partial charge is 0.490 e. The van der Waals surface area contributed by atoms with E-state index >= 15 is 0 Å². The molecule has 7 heteroatoms. The first-order valence-corrected chi connectivity index (χ1v) is 12.3. The van der Waals surface area contributed by atoms with Crippen LogP contribution in [0.25, 0.3) is 6.08 Å². The topological polar surface area (TPSA) is 74.6 Å². The van der Waals surface area contributed by atoms with Crippen molar-refractivity contribution in [2.24, 2.45) is 0 Å². The first-order valence-electron chi connectivity index (χ1n) is 12.3. The number of ether oxygens (including phenoxy) is 3. The molecular weight excluding hydrogens is 466 g/mol. The van der Waals surface area contributed by atoms with Gasteiger partial charge in [0.25, 0.3) is 0 Å². The predicted octanol–water partition coefficient (Wildman–Crippen LogP) is 5.12. The number of amides is 1. The molecule has 190 valence electrons. The molecule has 0 fully saturated rings. The van der Waals surface area contributed by atoms with E-state index in [-0.39, 0.29) is 5.91 Å². The van der Waals surface area contributed by atoms with E-state index in [9.17, 15) is 4.79 Å². The maximum Gasteiger partial charge on any atom is 0.244 e. The molecule has 7 nitrogen and oxygen atoms in total. The quantitative estimate of drug-likeness (QED) is 0.205. The van der Waals surface area contributed by atoms with Crippen LogP contribution in [0.5, 0.6) is 17.2 Å². The van der Waals surface area contributed by atoms with Gasteiger partial charge in [-0.1, -0.05) is 48.5 Å². The summed E-state index contributed by atoms with van der Waals surface area (Å²) in [7, 11) is 0. The highest BCUT2D eigenvalue weighted by Crippen LogP contribution is 2.29. The van der Waals surface area contributed by atoms with E-state index in [0.29, 0.717) is 44.4 Å². The molecule has 0 spiro atoms. The van der Waals surface area contributed by atoms with Gasteiger partial charge in [0.15, 0.2) is 11.5 Å². The van der Waals surface area contributed by atoms with Gasteiger partial charge in [0.1, 0.15) is 19.0 Å². The number of nitrogens with one attached hydrogen (secondary N) is 1. The number of carbonyl (C=O) groups is 1. The zero-order valence-corrected chi connectivity index (χ0v) is 20.9. The fourth-order valence-corrected chi connectivity index (χ4v) is 3.71. The van der Waals surface area contributed by atoms with Crippen LogP contribution in [0.1, 0.15) is 23.6 Å². The molecule has 37 heavy (non-hydrogen) atoms. The first-order chi connectivity index (χ1) is 18.2. The molecule has 0 unspecified atom stereocenters. The van der Waals surface area contributed by atoms with E-state index in [0.717, 1.165) is 22.4 Å². The fourth-order valence-electron chi connectivity index (χ4n) is 3.71. The molecule has 4 rings (SSSR count). The van der Waals surface area contributed by atoms with E-state index in [1.165, 1.54) is 6.08 Å². The van der Waals surface area contributed by atoms with Crippen LogP contribution < -0.4 is 19.5 Å². The van der Waals surface area contributed by atoms with Crippen molar-refractivity contribution in [1.29, 1.82) is 0 Å². The average molecular weight is 498 g/mol. The average Bonchev–Trinajstić information content (AvgIpc) is 3.44. The third kappa shape index (κ3) is 8.00. The summed E-state index contributed by atoms with van der Waals surface area (Å²) in [6.07, 6.45) is 6.96. The smallest absolute Gasteiger partial charge is 0.244 e. The second kappa shape index (κ2) is 13.5. The van der Waals surface area contributed by atoms with Gasteiger partial charge >= 0.3 is 0 Å². The van der Waals surface area contributed by atoms with Crippen molar-refractivity contribution in [3.8, 4) is 17.2 Å². The number of para-hydroxylation sites is 1. The Kier molecular flexibility index (Phi) is 9.36. The number of benzene rings is 3. The second-order valence-corrected chi connectivity index (χ2v) is 8.17. The molecule has 1 heterocycles. The lowest BCUT2D eigenvalue weighted by Gasteiger charge is -2.13. The number of carbonyl (C=O) groups excluding carboxylic acids is 1. The molecule has 1 amide bonds. The fraction of sp³-hybridized carbons (Fsp3) is 0.200. The SMILES string of the molecule is CCOc1cc(/C=C/C(=O)NCc2ccccc2Cn2cccn2)ccc1OCCOc1ccccc1. The van der Waals surface area contributed by atoms with Crippen LogP contribution >= 0.6 is 0 Å². The maximum atomic E-state index is 12.5. The van der Waals surface area contributed by atoms with Gasteiger partial charge in [0, 0.05) is 25.0 Å². The molecular formula is C30H31N3O4. The van der Waals surface area contributed by atoms with E-state index < -0.39 is 0 Å². The Morgan fingerprint density at radius 2 is 1.68 bits per heavy atom. The number of aromatic nitrogens is 2. The van der Waals surface area contributed by atoms with Crippen molar-refractivity contribution < 1.29 is 19.0 Å². The normalized spacial score (nSPS) is 10.8. The Balaban J connectivity index is 1.30. The summed E-state index contributed by atoms with van der Waals surface area (Å²) in [5, 5.41) is 7.23. The third-order valence-electron chi connectivity index (χ3n) is 5.51. The summed E-state index contributed by atoms with van der Waals surface area (Å²) < 4.78 is 19.2. The van der Waals surface area contributed by atoms with Gasteiger partial charge in [-0.3, -0.25) is 9.48 Å². The lowest BCUT2D eigenvalue weighted by atomic mass is 10.1. The number of rotatable bonds is 13. The minimum Gasteiger partial charge on any atom is -0.490 e. The Labute approximate surface area is 217 Å². The van der Waals surface area contributed by atoms with Crippen molar-refractivity contribution in [3.63, 3.8) is 0 Å². The van der Waals surface area contributed by atoms with Gasteiger partial charge in [-0.15, -0.1) is 0 Å². The summed E-state index contributed by atoms with van der Waals surface area (Å²) in [5.41, 5.74) is 3.00. The van der Waals surface area contributed by atoms with Crippen molar-refractivity contribution in [3.05, 3.63) is 114 Å². The minimum atomic E-state index is -0.176. The van der Waals surface area contributed by atoms with Gasteiger partial charge in [0.05, 0.1) is 13.2 Å². The molecule has 0 radical (unpaired) electrons. The maximum absolute atomic E-state index is 12.5. The lowest BCUT2D eigenvalue weighted by molar-refractivity contribution is -0.116. The first kappa shape index (κ1) is 25.6. The van der Waals surface area contributed by atoms with Crippen LogP contribution in [-0.4, -0.2) is 35.5 Å². The molecule has 0 saturated carbocycles. The molecule has 0 aliphatic carbocycles. The second-order valence-electron chi connectivity index (χ2n) is 8.17. The molecule has 0 bridgehead atoms. The van der Waals surface area contributed by atoms with Gasteiger partial charge < -0.3 is 19.5 Å². The number of hydrogen-bond donors (Lipinski definition) is 1. The van der Waals surface area contributed by atoms with Crippen LogP contribution in [0.15, 0.2) is 97.3 Å². The molecule has 3 aromatic carbocycles. The highest BCUT2D eigenvalue weighted by Gasteiger charge is 2.07. The van der Waals surface area contributed by atoms with Crippen LogP contribution in [0.2, 0.25) is 0 Å². The van der Waals surface area contributed by atoms with Crippen LogP contribution in [0.4, 0.5) is 0 Å². The number of nitrogens with zero attached hydrogens (tertiary/aromatic N) is 2. The van der Waals surface area contributed by atoms with Crippen LogP contribution in [0, 0.1) is 0 Å². The van der Waals surface area contributed by atoms with Gasteiger partial charge in [-0.05, 0) is 60.0 Å². The minimum absolute atomic E-state index is 0.176. The van der Waals surface area contributed by atoms with Crippen molar-refractivity contribution in [1.82, 2.24) is 15.1 Å². The van der Waals surface area contributed by atoms with Gasteiger partial charge in [0.2, 0.25) is 5.91 Å². The Bertz CT molecular complexity index is 1290. The Morgan fingerprint density at radius 1 is 0.892 bits per heavy atom. The summed E-state index contributed by atoms with van der Waals surface area (Å²) in [6, 6.07) is 25.1. The Morgan fingerprint density at radius 3 is 2.46 bits per heavy atom. The van der Waals surface area contributed by atoms with Crippen LogP contribution in [0.3, 0.4) is 0 Å². The molecule has 0 saturated heterocycles. The lowest BCUT2D eigenvalue weighted by Crippen LogP contribution is -2.21. The van der Waals surface area contributed by atoms with E-state index in [4.69, 9.17) is 14.2 Å². The molecule has 0 atom stereocenters. The zero-order chi connectivity index (χ0) is 25.7. The summed E-state index contributed by atoms with van der Waals surface area (Å²) in [5.74, 6) is 1.88. The molecule has 4 aromatic rings. The highest BCUT2D eigenvalue weighted by atomic mass is 16.5. The van der Waals surface area contributed by atoms with Crippen LogP contribution in [-0.2, 0) is 17.9 Å². The molecule has 0 aliphatic heterocycles. The zero-order valence-electron chi connectivity index (χ0n) is 20.9. The van der Waals surface area contributed by atoms with Gasteiger partial charge in [-0.2, -0.15) is 5.10 Å².